The highest BCUT2D eigenvalue weighted by molar-refractivity contribution is 5.97. The van der Waals surface area contributed by atoms with Crippen molar-refractivity contribution in [2.45, 2.75) is 58.0 Å². The Balaban J connectivity index is 1.33. The van der Waals surface area contributed by atoms with Crippen LogP contribution in [-0.2, 0) is 28.0 Å². The molecule has 0 radical (unpaired) electrons. The van der Waals surface area contributed by atoms with Gasteiger partial charge in [-0.15, -0.1) is 0 Å². The second kappa shape index (κ2) is 14.9. The number of amides is 1. The number of aromatic nitrogens is 3. The van der Waals surface area contributed by atoms with E-state index in [4.69, 9.17) is 28.9 Å². The van der Waals surface area contributed by atoms with E-state index in [0.717, 1.165) is 52.6 Å². The van der Waals surface area contributed by atoms with Crippen molar-refractivity contribution in [1.82, 2.24) is 19.7 Å². The van der Waals surface area contributed by atoms with Crippen molar-refractivity contribution in [3.8, 4) is 28.5 Å². The molecule has 1 aliphatic rings. The number of carbonyl (C=O) groups is 2. The lowest BCUT2D eigenvalue weighted by atomic mass is 9.65. The summed E-state index contributed by atoms with van der Waals surface area (Å²) in [4.78, 5) is 35.7. The molecule has 2 aromatic heterocycles. The van der Waals surface area contributed by atoms with Gasteiger partial charge in [-0.1, -0.05) is 31.2 Å². The maximum atomic E-state index is 13.9. The van der Waals surface area contributed by atoms with E-state index in [1.165, 1.54) is 26.4 Å². The van der Waals surface area contributed by atoms with Gasteiger partial charge in [0, 0.05) is 48.1 Å². The fourth-order valence-corrected chi connectivity index (χ4v) is 6.92. The molecule has 0 saturated heterocycles. The highest BCUT2D eigenvalue weighted by Gasteiger charge is 2.45. The van der Waals surface area contributed by atoms with E-state index in [-0.39, 0.29) is 23.5 Å². The third kappa shape index (κ3) is 7.10. The highest BCUT2D eigenvalue weighted by Crippen LogP contribution is 2.48. The van der Waals surface area contributed by atoms with Gasteiger partial charge < -0.3 is 29.6 Å². The SMILES string of the molecule is COC(=O)C1(C)CCC(C)(c2nc(-c3ccc(CNC(=O)c4cc(F)ccc4OC)cc3)c3c(NCc4ccc(OC)cc4OC)nccn23)CC1. The molecule has 0 unspecified atom stereocenters. The van der Waals surface area contributed by atoms with E-state index in [0.29, 0.717) is 42.5 Å². The second-order valence-corrected chi connectivity index (χ2v) is 13.6. The maximum Gasteiger partial charge on any atom is 0.311 e. The number of imidazole rings is 1. The minimum Gasteiger partial charge on any atom is -0.497 e. The summed E-state index contributed by atoms with van der Waals surface area (Å²) in [5, 5.41) is 6.38. The minimum absolute atomic E-state index is 0.124. The molecule has 1 aliphatic carbocycles. The van der Waals surface area contributed by atoms with Gasteiger partial charge in [0.2, 0.25) is 0 Å². The molecule has 12 heteroatoms. The van der Waals surface area contributed by atoms with E-state index in [2.05, 4.69) is 22.0 Å². The summed E-state index contributed by atoms with van der Waals surface area (Å²) in [6.07, 6.45) is 6.55. The van der Waals surface area contributed by atoms with Crippen molar-refractivity contribution < 1.29 is 32.9 Å². The van der Waals surface area contributed by atoms with Crippen molar-refractivity contribution in [2.75, 3.05) is 33.8 Å². The summed E-state index contributed by atoms with van der Waals surface area (Å²) in [5.74, 6) is 2.07. The summed E-state index contributed by atoms with van der Waals surface area (Å²) in [5.41, 5.74) is 3.45. The summed E-state index contributed by atoms with van der Waals surface area (Å²) in [6.45, 7) is 4.84. The lowest BCUT2D eigenvalue weighted by Crippen LogP contribution is -2.39. The lowest BCUT2D eigenvalue weighted by molar-refractivity contribution is -0.154. The summed E-state index contributed by atoms with van der Waals surface area (Å²) >= 11 is 0. The van der Waals surface area contributed by atoms with Crippen molar-refractivity contribution in [3.63, 3.8) is 0 Å². The van der Waals surface area contributed by atoms with Crippen LogP contribution >= 0.6 is 0 Å². The molecule has 1 fully saturated rings. The zero-order valence-corrected chi connectivity index (χ0v) is 30.3. The molecule has 0 atom stereocenters. The fraction of sp³-hybridized carbons (Fsp3) is 0.350. The number of hydrogen-bond donors (Lipinski definition) is 2. The molecule has 2 heterocycles. The van der Waals surface area contributed by atoms with Crippen LogP contribution in [0.5, 0.6) is 17.2 Å². The van der Waals surface area contributed by atoms with Gasteiger partial charge in [0.25, 0.3) is 5.91 Å². The summed E-state index contributed by atoms with van der Waals surface area (Å²) < 4.78 is 37.4. The molecule has 2 N–H and O–H groups in total. The van der Waals surface area contributed by atoms with Crippen LogP contribution in [0.25, 0.3) is 16.8 Å². The highest BCUT2D eigenvalue weighted by atomic mass is 19.1. The Hall–Kier alpha value is -5.65. The number of anilines is 1. The largest absolute Gasteiger partial charge is 0.497 e. The molecule has 3 aromatic carbocycles. The molecule has 5 aromatic rings. The molecule has 1 amide bonds. The van der Waals surface area contributed by atoms with Gasteiger partial charge in [-0.3, -0.25) is 14.0 Å². The fourth-order valence-electron chi connectivity index (χ4n) is 6.92. The Bertz CT molecular complexity index is 2090. The number of methoxy groups -OCH3 is 4. The number of rotatable bonds is 12. The van der Waals surface area contributed by atoms with Gasteiger partial charge >= 0.3 is 5.97 Å². The third-order valence-corrected chi connectivity index (χ3v) is 10.3. The predicted octanol–water partition coefficient (Wildman–Crippen LogP) is 7.11. The van der Waals surface area contributed by atoms with Gasteiger partial charge in [-0.25, -0.2) is 14.4 Å². The Morgan fingerprint density at radius 2 is 1.60 bits per heavy atom. The average molecular weight is 710 g/mol. The Morgan fingerprint density at radius 3 is 2.27 bits per heavy atom. The van der Waals surface area contributed by atoms with Crippen LogP contribution in [0, 0.1) is 11.2 Å². The molecule has 0 aliphatic heterocycles. The van der Waals surface area contributed by atoms with Gasteiger partial charge in [-0.05, 0) is 68.5 Å². The molecule has 6 rings (SSSR count). The van der Waals surface area contributed by atoms with Crippen molar-refractivity contribution in [1.29, 1.82) is 0 Å². The number of nitrogens with one attached hydrogen (secondary N) is 2. The number of halogens is 1. The van der Waals surface area contributed by atoms with Crippen LogP contribution in [0.3, 0.4) is 0 Å². The lowest BCUT2D eigenvalue weighted by Gasteiger charge is -2.40. The quantitative estimate of drug-likeness (QED) is 0.130. The Morgan fingerprint density at radius 1 is 0.865 bits per heavy atom. The first-order valence-corrected chi connectivity index (χ1v) is 17.1. The third-order valence-electron chi connectivity index (χ3n) is 10.3. The number of ether oxygens (including phenoxy) is 4. The van der Waals surface area contributed by atoms with Crippen LogP contribution in [0.2, 0.25) is 0 Å². The molecule has 11 nitrogen and oxygen atoms in total. The van der Waals surface area contributed by atoms with Crippen LogP contribution in [-0.4, -0.2) is 54.7 Å². The number of benzene rings is 3. The number of carbonyl (C=O) groups excluding carboxylic acids is 2. The molecule has 272 valence electrons. The normalized spacial score (nSPS) is 18.4. The molecule has 0 bridgehead atoms. The Labute approximate surface area is 302 Å². The molecular formula is C40H44FN5O6. The van der Waals surface area contributed by atoms with Crippen molar-refractivity contribution in [3.05, 3.63) is 101 Å². The van der Waals surface area contributed by atoms with E-state index in [9.17, 15) is 14.0 Å². The van der Waals surface area contributed by atoms with E-state index < -0.39 is 17.1 Å². The van der Waals surface area contributed by atoms with Crippen molar-refractivity contribution >= 4 is 23.2 Å². The van der Waals surface area contributed by atoms with E-state index >= 15 is 0 Å². The number of fused-ring (bicyclic) bond motifs is 1. The van der Waals surface area contributed by atoms with E-state index in [1.807, 2.05) is 55.6 Å². The standard InChI is InChI=1S/C40H44FN5O6/c1-39(15-17-40(2,18-16-39)38(48)52-6)37-45-33(26-9-7-25(8-10-26)23-44-36(47)30-21-28(41)12-14-31(30)50-4)34-35(42-19-20-46(34)37)43-24-27-11-13-29(49-3)22-32(27)51-5/h7-14,19-22H,15-18,23-24H2,1-6H3,(H,42,43)(H,44,47). The van der Waals surface area contributed by atoms with Crippen LogP contribution in [0.1, 0.15) is 66.8 Å². The predicted molar refractivity (Wildman–Crippen MR) is 195 cm³/mol. The van der Waals surface area contributed by atoms with Crippen LogP contribution < -0.4 is 24.8 Å². The van der Waals surface area contributed by atoms with Gasteiger partial charge in [0.1, 0.15) is 40.1 Å². The first kappa shape index (κ1) is 36.2. The Kier molecular flexibility index (Phi) is 10.4. The second-order valence-electron chi connectivity index (χ2n) is 13.6. The van der Waals surface area contributed by atoms with Gasteiger partial charge in [-0.2, -0.15) is 0 Å². The topological polar surface area (TPSA) is 125 Å². The zero-order valence-electron chi connectivity index (χ0n) is 30.3. The minimum atomic E-state index is -0.541. The van der Waals surface area contributed by atoms with Gasteiger partial charge in [0.05, 0.1) is 39.4 Å². The maximum absolute atomic E-state index is 13.9. The summed E-state index contributed by atoms with van der Waals surface area (Å²) in [6, 6.07) is 17.3. The number of esters is 1. The number of nitrogens with zero attached hydrogens (tertiary/aromatic N) is 3. The molecule has 0 spiro atoms. The molecular weight excluding hydrogens is 665 g/mol. The first-order valence-electron chi connectivity index (χ1n) is 17.1. The monoisotopic (exact) mass is 709 g/mol. The van der Waals surface area contributed by atoms with Crippen molar-refractivity contribution in [2.24, 2.45) is 5.41 Å². The number of hydrogen-bond acceptors (Lipinski definition) is 9. The zero-order chi connectivity index (χ0) is 37.0. The van der Waals surface area contributed by atoms with E-state index in [1.54, 1.807) is 20.4 Å². The first-order chi connectivity index (χ1) is 25.0. The average Bonchev–Trinajstić information content (AvgIpc) is 3.58. The smallest absolute Gasteiger partial charge is 0.311 e. The van der Waals surface area contributed by atoms with Crippen LogP contribution in [0.15, 0.2) is 73.1 Å². The molecule has 1 saturated carbocycles. The summed E-state index contributed by atoms with van der Waals surface area (Å²) in [7, 11) is 6.13. The van der Waals surface area contributed by atoms with Gasteiger partial charge in [0.15, 0.2) is 5.82 Å². The molecule has 52 heavy (non-hydrogen) atoms. The van der Waals surface area contributed by atoms with Crippen LogP contribution in [0.4, 0.5) is 10.2 Å².